The fourth-order valence-electron chi connectivity index (χ4n) is 4.56. The highest BCUT2D eigenvalue weighted by atomic mass is 16.2. The van der Waals surface area contributed by atoms with Crippen LogP contribution in [0.25, 0.3) is 0 Å². The third-order valence-corrected chi connectivity index (χ3v) is 5.74. The third kappa shape index (κ3) is 3.19. The molecule has 3 aliphatic rings. The quantitative estimate of drug-likeness (QED) is 0.748. The smallest absolute Gasteiger partial charge is 0.225 e. The maximum absolute atomic E-state index is 12.8. The lowest BCUT2D eigenvalue weighted by atomic mass is 9.74. The van der Waals surface area contributed by atoms with Crippen LogP contribution in [0.3, 0.4) is 0 Å². The molecule has 0 bridgehead atoms. The van der Waals surface area contributed by atoms with Crippen molar-refractivity contribution in [2.45, 2.75) is 64.2 Å². The minimum absolute atomic E-state index is 0.337. The summed E-state index contributed by atoms with van der Waals surface area (Å²) < 4.78 is 0. The highest BCUT2D eigenvalue weighted by molar-refractivity contribution is 5.79. The zero-order chi connectivity index (χ0) is 13.8. The average Bonchev–Trinajstić information content (AvgIpc) is 2.76. The molecule has 1 spiro atoms. The van der Waals surface area contributed by atoms with Gasteiger partial charge in [-0.25, -0.2) is 0 Å². The number of hydrogen-bond donors (Lipinski definition) is 1. The van der Waals surface area contributed by atoms with Crippen LogP contribution in [0.1, 0.15) is 64.2 Å². The monoisotopic (exact) mass is 278 g/mol. The summed E-state index contributed by atoms with van der Waals surface area (Å²) in [5, 5.41) is 3.56. The lowest BCUT2D eigenvalue weighted by Gasteiger charge is -2.46. The zero-order valence-electron chi connectivity index (χ0n) is 12.8. The van der Waals surface area contributed by atoms with E-state index in [0.29, 0.717) is 17.2 Å². The zero-order valence-corrected chi connectivity index (χ0v) is 12.8. The summed E-state index contributed by atoms with van der Waals surface area (Å²) in [7, 11) is 0. The second-order valence-electron chi connectivity index (χ2n) is 7.33. The van der Waals surface area contributed by atoms with Crippen LogP contribution in [0.2, 0.25) is 0 Å². The Hall–Kier alpha value is -0.570. The van der Waals surface area contributed by atoms with Gasteiger partial charge in [-0.05, 0) is 45.1 Å². The molecular weight excluding hydrogens is 248 g/mol. The van der Waals surface area contributed by atoms with Gasteiger partial charge in [0.25, 0.3) is 0 Å². The Morgan fingerprint density at radius 3 is 2.45 bits per heavy atom. The Bertz CT molecular complexity index is 322. The SMILES string of the molecule is O=C(C1CCCCCC1)N1CCCC2(CCCNC2)C1. The first-order valence-corrected chi connectivity index (χ1v) is 8.79. The summed E-state index contributed by atoms with van der Waals surface area (Å²) >= 11 is 0. The van der Waals surface area contributed by atoms with E-state index in [0.717, 1.165) is 32.5 Å². The van der Waals surface area contributed by atoms with Gasteiger partial charge in [0.15, 0.2) is 0 Å². The van der Waals surface area contributed by atoms with Crippen LogP contribution in [0.4, 0.5) is 0 Å². The van der Waals surface area contributed by atoms with E-state index in [9.17, 15) is 4.79 Å². The van der Waals surface area contributed by atoms with Crippen molar-refractivity contribution < 1.29 is 4.79 Å². The molecular formula is C17H30N2O. The van der Waals surface area contributed by atoms with Crippen LogP contribution >= 0.6 is 0 Å². The molecule has 0 aromatic carbocycles. The Morgan fingerprint density at radius 2 is 1.75 bits per heavy atom. The summed E-state index contributed by atoms with van der Waals surface area (Å²) in [6, 6.07) is 0. The second-order valence-corrected chi connectivity index (χ2v) is 7.33. The summed E-state index contributed by atoms with van der Waals surface area (Å²) in [5.41, 5.74) is 0.400. The van der Waals surface area contributed by atoms with E-state index in [1.54, 1.807) is 0 Å². The maximum Gasteiger partial charge on any atom is 0.225 e. The predicted octanol–water partition coefficient (Wildman–Crippen LogP) is 2.95. The first-order valence-electron chi connectivity index (χ1n) is 8.79. The largest absolute Gasteiger partial charge is 0.342 e. The van der Waals surface area contributed by atoms with E-state index < -0.39 is 0 Å². The van der Waals surface area contributed by atoms with Crippen molar-refractivity contribution in [2.75, 3.05) is 26.2 Å². The number of likely N-dealkylation sites (tertiary alicyclic amines) is 1. The number of rotatable bonds is 1. The molecule has 3 fully saturated rings. The van der Waals surface area contributed by atoms with Crippen molar-refractivity contribution in [3.05, 3.63) is 0 Å². The molecule has 2 saturated heterocycles. The van der Waals surface area contributed by atoms with Gasteiger partial charge < -0.3 is 10.2 Å². The lowest BCUT2D eigenvalue weighted by Crippen LogP contribution is -2.53. The normalized spacial score (nSPS) is 33.1. The van der Waals surface area contributed by atoms with Crippen LogP contribution in [0, 0.1) is 11.3 Å². The van der Waals surface area contributed by atoms with E-state index in [1.165, 1.54) is 57.9 Å². The van der Waals surface area contributed by atoms with E-state index >= 15 is 0 Å². The lowest BCUT2D eigenvalue weighted by molar-refractivity contribution is -0.140. The number of amides is 1. The molecule has 0 aromatic rings. The predicted molar refractivity (Wildman–Crippen MR) is 81.5 cm³/mol. The van der Waals surface area contributed by atoms with Gasteiger partial charge in [-0.15, -0.1) is 0 Å². The minimum atomic E-state index is 0.337. The maximum atomic E-state index is 12.8. The van der Waals surface area contributed by atoms with Crippen LogP contribution < -0.4 is 5.32 Å². The molecule has 1 aliphatic carbocycles. The van der Waals surface area contributed by atoms with Gasteiger partial charge in [0, 0.05) is 31.0 Å². The first kappa shape index (κ1) is 14.4. The fraction of sp³-hybridized carbons (Fsp3) is 0.941. The van der Waals surface area contributed by atoms with Gasteiger partial charge in [-0.1, -0.05) is 25.7 Å². The molecule has 114 valence electrons. The molecule has 0 aromatic heterocycles. The molecule has 0 radical (unpaired) electrons. The van der Waals surface area contributed by atoms with Crippen molar-refractivity contribution in [1.29, 1.82) is 0 Å². The third-order valence-electron chi connectivity index (χ3n) is 5.74. The number of hydrogen-bond acceptors (Lipinski definition) is 2. The molecule has 2 heterocycles. The van der Waals surface area contributed by atoms with Crippen molar-refractivity contribution in [3.63, 3.8) is 0 Å². The Balaban J connectivity index is 1.62. The van der Waals surface area contributed by atoms with Gasteiger partial charge in [-0.3, -0.25) is 4.79 Å². The van der Waals surface area contributed by atoms with E-state index in [1.807, 2.05) is 0 Å². The molecule has 3 heteroatoms. The second kappa shape index (κ2) is 6.46. The summed E-state index contributed by atoms with van der Waals surface area (Å²) in [4.78, 5) is 15.1. The highest BCUT2D eigenvalue weighted by Crippen LogP contribution is 2.37. The fourth-order valence-corrected chi connectivity index (χ4v) is 4.56. The topological polar surface area (TPSA) is 32.3 Å². The van der Waals surface area contributed by atoms with Gasteiger partial charge in [0.2, 0.25) is 5.91 Å². The molecule has 2 aliphatic heterocycles. The first-order chi connectivity index (χ1) is 9.79. The Morgan fingerprint density at radius 1 is 1.00 bits per heavy atom. The van der Waals surface area contributed by atoms with Crippen molar-refractivity contribution in [3.8, 4) is 0 Å². The van der Waals surface area contributed by atoms with E-state index in [-0.39, 0.29) is 0 Å². The minimum Gasteiger partial charge on any atom is -0.342 e. The molecule has 1 unspecified atom stereocenters. The van der Waals surface area contributed by atoms with E-state index in [2.05, 4.69) is 10.2 Å². The van der Waals surface area contributed by atoms with E-state index in [4.69, 9.17) is 0 Å². The van der Waals surface area contributed by atoms with Gasteiger partial charge in [0.1, 0.15) is 0 Å². The van der Waals surface area contributed by atoms with Crippen LogP contribution in [-0.4, -0.2) is 37.0 Å². The molecule has 1 N–H and O–H groups in total. The Labute approximate surface area is 123 Å². The molecule has 1 saturated carbocycles. The summed E-state index contributed by atoms with van der Waals surface area (Å²) in [6.45, 7) is 4.33. The van der Waals surface area contributed by atoms with Crippen LogP contribution in [0.15, 0.2) is 0 Å². The van der Waals surface area contributed by atoms with Crippen molar-refractivity contribution >= 4 is 5.91 Å². The molecule has 1 atom stereocenters. The van der Waals surface area contributed by atoms with Crippen molar-refractivity contribution in [1.82, 2.24) is 10.2 Å². The Kier molecular flexibility index (Phi) is 4.65. The standard InChI is InChI=1S/C17H30N2O/c20-16(15-7-3-1-2-4-8-15)19-12-6-10-17(14-19)9-5-11-18-13-17/h15,18H,1-14H2. The van der Waals surface area contributed by atoms with Gasteiger partial charge in [-0.2, -0.15) is 0 Å². The summed E-state index contributed by atoms with van der Waals surface area (Å²) in [5.74, 6) is 0.820. The molecule has 3 rings (SSSR count). The van der Waals surface area contributed by atoms with Crippen molar-refractivity contribution in [2.24, 2.45) is 11.3 Å². The van der Waals surface area contributed by atoms with Gasteiger partial charge >= 0.3 is 0 Å². The number of piperidine rings is 2. The molecule has 3 nitrogen and oxygen atoms in total. The van der Waals surface area contributed by atoms with Gasteiger partial charge in [0.05, 0.1) is 0 Å². The number of carbonyl (C=O) groups is 1. The number of nitrogens with one attached hydrogen (secondary N) is 1. The van der Waals surface area contributed by atoms with Crippen LogP contribution in [0.5, 0.6) is 0 Å². The molecule has 1 amide bonds. The number of carbonyl (C=O) groups excluding carboxylic acids is 1. The average molecular weight is 278 g/mol. The molecule has 20 heavy (non-hydrogen) atoms. The highest BCUT2D eigenvalue weighted by Gasteiger charge is 2.39. The summed E-state index contributed by atoms with van der Waals surface area (Å²) in [6.07, 6.45) is 12.6. The number of nitrogens with zero attached hydrogens (tertiary/aromatic N) is 1. The van der Waals surface area contributed by atoms with Crippen LogP contribution in [-0.2, 0) is 4.79 Å².